The van der Waals surface area contributed by atoms with Crippen molar-refractivity contribution in [3.63, 3.8) is 0 Å². The Hall–Kier alpha value is -1.27. The summed E-state index contributed by atoms with van der Waals surface area (Å²) in [4.78, 5) is 29.6. The highest BCUT2D eigenvalue weighted by atomic mass is 35.5. The zero-order valence-electron chi connectivity index (χ0n) is 11.9. The van der Waals surface area contributed by atoms with E-state index in [0.717, 1.165) is 12.8 Å². The average Bonchev–Trinajstić information content (AvgIpc) is 2.81. The van der Waals surface area contributed by atoms with Crippen LogP contribution < -0.4 is 0 Å². The van der Waals surface area contributed by atoms with Crippen molar-refractivity contribution in [2.75, 3.05) is 5.75 Å². The normalized spacial score (nSPS) is 21.6. The summed E-state index contributed by atoms with van der Waals surface area (Å²) in [6.07, 6.45) is 1.67. The molecule has 5 nitrogen and oxygen atoms in total. The Labute approximate surface area is 132 Å². The third-order valence-electron chi connectivity index (χ3n) is 3.32. The quantitative estimate of drug-likeness (QED) is 0.861. The molecule has 0 saturated carbocycles. The van der Waals surface area contributed by atoms with Gasteiger partial charge in [-0.2, -0.15) is 0 Å². The lowest BCUT2D eigenvalue weighted by atomic mass is 10.1. The van der Waals surface area contributed by atoms with E-state index in [9.17, 15) is 14.7 Å². The van der Waals surface area contributed by atoms with Gasteiger partial charge in [0.05, 0.1) is 5.37 Å². The Kier molecular flexibility index (Phi) is 5.11. The molecule has 114 valence electrons. The third kappa shape index (κ3) is 3.49. The van der Waals surface area contributed by atoms with Crippen LogP contribution in [0.15, 0.2) is 12.1 Å². The third-order valence-corrected chi connectivity index (χ3v) is 4.87. The van der Waals surface area contributed by atoms with E-state index in [4.69, 9.17) is 11.6 Å². The molecular weight excluding hydrogens is 312 g/mol. The molecule has 1 aliphatic heterocycles. The van der Waals surface area contributed by atoms with Crippen molar-refractivity contribution in [1.82, 2.24) is 9.88 Å². The van der Waals surface area contributed by atoms with Gasteiger partial charge in [-0.25, -0.2) is 9.78 Å². The highest BCUT2D eigenvalue weighted by Crippen LogP contribution is 2.33. The summed E-state index contributed by atoms with van der Waals surface area (Å²) < 4.78 is 0. The monoisotopic (exact) mass is 328 g/mol. The molecule has 1 N–H and O–H groups in total. The second-order valence-electron chi connectivity index (χ2n) is 4.96. The highest BCUT2D eigenvalue weighted by Gasteiger charge is 2.41. The van der Waals surface area contributed by atoms with Crippen LogP contribution in [0.2, 0.25) is 5.15 Å². The number of halogens is 1. The van der Waals surface area contributed by atoms with Gasteiger partial charge in [-0.1, -0.05) is 24.9 Å². The molecule has 1 amide bonds. The summed E-state index contributed by atoms with van der Waals surface area (Å²) in [5.41, 5.74) is 1.03. The van der Waals surface area contributed by atoms with E-state index in [0.29, 0.717) is 17.0 Å². The maximum Gasteiger partial charge on any atom is 0.327 e. The Balaban J connectivity index is 2.34. The number of rotatable bonds is 4. The number of aryl methyl sites for hydroxylation is 1. The first-order valence-corrected chi connectivity index (χ1v) is 8.18. The van der Waals surface area contributed by atoms with Gasteiger partial charge < -0.3 is 10.0 Å². The summed E-state index contributed by atoms with van der Waals surface area (Å²) >= 11 is 7.41. The minimum Gasteiger partial charge on any atom is -0.480 e. The molecule has 1 fully saturated rings. The van der Waals surface area contributed by atoms with Gasteiger partial charge in [-0.3, -0.25) is 4.79 Å². The van der Waals surface area contributed by atoms with E-state index < -0.39 is 12.0 Å². The first kappa shape index (κ1) is 16.1. The van der Waals surface area contributed by atoms with Gasteiger partial charge in [0.15, 0.2) is 0 Å². The van der Waals surface area contributed by atoms with Crippen molar-refractivity contribution in [3.05, 3.63) is 28.5 Å². The fraction of sp³-hybridized carbons (Fsp3) is 0.500. The van der Waals surface area contributed by atoms with E-state index in [1.165, 1.54) is 22.7 Å². The fourth-order valence-electron chi connectivity index (χ4n) is 2.40. The Bertz CT molecular complexity index is 547. The molecule has 0 bridgehead atoms. The van der Waals surface area contributed by atoms with Crippen molar-refractivity contribution >= 4 is 35.2 Å². The fourth-order valence-corrected chi connectivity index (χ4v) is 4.16. The molecule has 21 heavy (non-hydrogen) atoms. The minimum atomic E-state index is -0.966. The lowest BCUT2D eigenvalue weighted by Crippen LogP contribution is -2.45. The van der Waals surface area contributed by atoms with Crippen molar-refractivity contribution in [2.45, 2.75) is 38.1 Å². The molecule has 7 heteroatoms. The van der Waals surface area contributed by atoms with Gasteiger partial charge in [-0.05, 0) is 25.5 Å². The number of aliphatic carboxylic acids is 1. The number of carbonyl (C=O) groups is 2. The largest absolute Gasteiger partial charge is 0.480 e. The second-order valence-corrected chi connectivity index (χ2v) is 6.56. The molecule has 2 rings (SSSR count). The summed E-state index contributed by atoms with van der Waals surface area (Å²) in [6, 6.07) is 2.34. The van der Waals surface area contributed by atoms with Crippen molar-refractivity contribution in [2.24, 2.45) is 0 Å². The van der Waals surface area contributed by atoms with Crippen LogP contribution in [0.5, 0.6) is 0 Å². The van der Waals surface area contributed by atoms with Gasteiger partial charge in [0.1, 0.15) is 11.2 Å². The topological polar surface area (TPSA) is 70.5 Å². The summed E-state index contributed by atoms with van der Waals surface area (Å²) in [6.45, 7) is 3.77. The zero-order valence-corrected chi connectivity index (χ0v) is 13.4. The van der Waals surface area contributed by atoms with E-state index in [1.54, 1.807) is 13.0 Å². The molecule has 2 unspecified atom stereocenters. The van der Waals surface area contributed by atoms with Crippen LogP contribution in [0.3, 0.4) is 0 Å². The Morgan fingerprint density at radius 3 is 2.81 bits per heavy atom. The molecule has 2 atom stereocenters. The number of hydrogen-bond donors (Lipinski definition) is 1. The predicted molar refractivity (Wildman–Crippen MR) is 82.7 cm³/mol. The SMILES string of the molecule is CCCC1SCC(C(=O)O)N1C(=O)c1cc(C)nc(Cl)c1. The van der Waals surface area contributed by atoms with Crippen LogP contribution in [0.1, 0.15) is 35.8 Å². The highest BCUT2D eigenvalue weighted by molar-refractivity contribution is 8.00. The summed E-state index contributed by atoms with van der Waals surface area (Å²) in [7, 11) is 0. The number of amides is 1. The number of carbonyl (C=O) groups excluding carboxylic acids is 1. The number of thioether (sulfide) groups is 1. The smallest absolute Gasteiger partial charge is 0.327 e. The first-order valence-electron chi connectivity index (χ1n) is 6.75. The number of hydrogen-bond acceptors (Lipinski definition) is 4. The van der Waals surface area contributed by atoms with E-state index >= 15 is 0 Å². The molecule has 1 aromatic rings. The van der Waals surface area contributed by atoms with Crippen molar-refractivity contribution in [1.29, 1.82) is 0 Å². The maximum atomic E-state index is 12.7. The predicted octanol–water partition coefficient (Wildman–Crippen LogP) is 2.81. The van der Waals surface area contributed by atoms with Crippen LogP contribution in [-0.2, 0) is 4.79 Å². The summed E-state index contributed by atoms with van der Waals surface area (Å²) in [5.74, 6) is -0.839. The molecule has 0 aliphatic carbocycles. The van der Waals surface area contributed by atoms with Gasteiger partial charge in [0, 0.05) is 17.0 Å². The number of nitrogens with zero attached hydrogens (tertiary/aromatic N) is 2. The van der Waals surface area contributed by atoms with Crippen molar-refractivity contribution in [3.8, 4) is 0 Å². The van der Waals surface area contributed by atoms with Gasteiger partial charge in [0.2, 0.25) is 0 Å². The van der Waals surface area contributed by atoms with Gasteiger partial charge in [0.25, 0.3) is 5.91 Å². The maximum absolute atomic E-state index is 12.7. The molecule has 1 aromatic heterocycles. The standard InChI is InChI=1S/C14H17ClN2O3S/c1-3-4-12-17(10(7-21-12)14(19)20)13(18)9-5-8(2)16-11(15)6-9/h5-6,10,12H,3-4,7H2,1-2H3,(H,19,20). The number of aromatic nitrogens is 1. The second kappa shape index (κ2) is 6.66. The molecule has 1 aliphatic rings. The van der Waals surface area contributed by atoms with Crippen LogP contribution in [0.4, 0.5) is 0 Å². The lowest BCUT2D eigenvalue weighted by molar-refractivity contribution is -0.141. The van der Waals surface area contributed by atoms with Crippen molar-refractivity contribution < 1.29 is 14.7 Å². The minimum absolute atomic E-state index is 0.101. The molecule has 0 radical (unpaired) electrons. The number of pyridine rings is 1. The van der Waals surface area contributed by atoms with E-state index in [2.05, 4.69) is 4.98 Å². The van der Waals surface area contributed by atoms with Crippen LogP contribution in [0.25, 0.3) is 0 Å². The first-order chi connectivity index (χ1) is 9.93. The molecule has 0 spiro atoms. The molecule has 1 saturated heterocycles. The number of carboxylic acids is 1. The summed E-state index contributed by atoms with van der Waals surface area (Å²) in [5, 5.41) is 9.47. The number of carboxylic acid groups (broad SMARTS) is 1. The Morgan fingerprint density at radius 2 is 2.24 bits per heavy atom. The van der Waals surface area contributed by atoms with Gasteiger partial charge >= 0.3 is 5.97 Å². The van der Waals surface area contributed by atoms with Gasteiger partial charge in [-0.15, -0.1) is 11.8 Å². The average molecular weight is 329 g/mol. The van der Waals surface area contributed by atoms with Crippen LogP contribution in [0, 0.1) is 6.92 Å². The molecule has 2 heterocycles. The van der Waals surface area contributed by atoms with Crippen LogP contribution >= 0.6 is 23.4 Å². The zero-order chi connectivity index (χ0) is 15.6. The lowest BCUT2D eigenvalue weighted by Gasteiger charge is -2.27. The van der Waals surface area contributed by atoms with Crippen LogP contribution in [-0.4, -0.2) is 44.0 Å². The molecule has 0 aromatic carbocycles. The molecular formula is C14H17ClN2O3S. The van der Waals surface area contributed by atoms with E-state index in [-0.39, 0.29) is 16.4 Å². The Morgan fingerprint density at radius 1 is 1.52 bits per heavy atom. The van der Waals surface area contributed by atoms with E-state index in [1.807, 2.05) is 6.92 Å².